The Balaban J connectivity index is 1.16. The topological polar surface area (TPSA) is 76.3 Å². The van der Waals surface area contributed by atoms with Gasteiger partial charge in [-0.2, -0.15) is 0 Å². The fourth-order valence-electron chi connectivity index (χ4n) is 7.60. The van der Waals surface area contributed by atoms with Crippen LogP contribution in [0, 0.1) is 22.5 Å². The lowest BCUT2D eigenvalue weighted by Crippen LogP contribution is -2.62. The molecule has 1 aliphatic heterocycles. The predicted octanol–water partition coefficient (Wildman–Crippen LogP) is 7.33. The zero-order valence-corrected chi connectivity index (χ0v) is 24.5. The molecule has 0 radical (unpaired) electrons. The van der Waals surface area contributed by atoms with Gasteiger partial charge in [0.05, 0.1) is 5.56 Å². The zero-order chi connectivity index (χ0) is 29.5. The molecule has 0 unspecified atom stereocenters. The molecule has 1 spiro atoms. The Hall–Kier alpha value is -3.26. The lowest BCUT2D eigenvalue weighted by atomic mass is 9.59. The van der Waals surface area contributed by atoms with Crippen LogP contribution in [0.3, 0.4) is 0 Å². The molecule has 2 aliphatic carbocycles. The fourth-order valence-corrected chi connectivity index (χ4v) is 7.60. The van der Waals surface area contributed by atoms with E-state index in [-0.39, 0.29) is 35.0 Å². The van der Waals surface area contributed by atoms with Gasteiger partial charge in [0, 0.05) is 73.2 Å². The summed E-state index contributed by atoms with van der Waals surface area (Å²) in [7, 11) is 0. The maximum Gasteiger partial charge on any atom is 0.185 e. The first-order valence-corrected chi connectivity index (χ1v) is 15.2. The van der Waals surface area contributed by atoms with Crippen molar-refractivity contribution < 1.29 is 22.9 Å². The van der Waals surface area contributed by atoms with Crippen LogP contribution in [0.2, 0.25) is 0 Å². The molecule has 1 saturated heterocycles. The van der Waals surface area contributed by atoms with Crippen LogP contribution in [0.4, 0.5) is 8.78 Å². The van der Waals surface area contributed by atoms with E-state index in [0.29, 0.717) is 37.4 Å². The number of Topliss-reactive ketones (excluding diaryl/α,β-unsaturated/α-hetero) is 2. The summed E-state index contributed by atoms with van der Waals surface area (Å²) < 4.78 is 33.0. The van der Waals surface area contributed by atoms with Crippen LogP contribution in [-0.2, 0) is 10.2 Å². The van der Waals surface area contributed by atoms with Gasteiger partial charge in [-0.05, 0) is 68.2 Å². The normalized spacial score (nSPS) is 20.2. The van der Waals surface area contributed by atoms with Gasteiger partial charge in [-0.1, -0.05) is 31.5 Å². The lowest BCUT2D eigenvalue weighted by Gasteiger charge is -2.56. The molecule has 0 bridgehead atoms. The van der Waals surface area contributed by atoms with Crippen molar-refractivity contribution in [2.24, 2.45) is 10.8 Å². The maximum absolute atomic E-state index is 14.3. The van der Waals surface area contributed by atoms with Crippen LogP contribution in [0.25, 0.3) is 11.3 Å². The van der Waals surface area contributed by atoms with E-state index >= 15 is 0 Å². The third-order valence-corrected chi connectivity index (χ3v) is 10.1. The second-order valence-corrected chi connectivity index (χ2v) is 13.8. The molecule has 0 N–H and O–H groups in total. The van der Waals surface area contributed by atoms with E-state index in [1.165, 1.54) is 57.1 Å². The summed E-state index contributed by atoms with van der Waals surface area (Å²) in [6.07, 6.45) is 11.5. The zero-order valence-electron chi connectivity index (χ0n) is 24.5. The van der Waals surface area contributed by atoms with Crippen molar-refractivity contribution in [1.82, 2.24) is 15.0 Å². The second-order valence-electron chi connectivity index (χ2n) is 13.8. The molecule has 6 rings (SSSR count). The molecule has 0 amide bonds. The third-order valence-electron chi connectivity index (χ3n) is 10.1. The van der Waals surface area contributed by atoms with Crippen LogP contribution < -0.4 is 0 Å². The molecule has 3 heterocycles. The molecule has 8 heteroatoms. The van der Waals surface area contributed by atoms with Crippen molar-refractivity contribution in [3.63, 3.8) is 0 Å². The number of carbonyl (C=O) groups excluding carboxylic acids is 2. The fraction of sp³-hybridized carbons (Fsp3) is 0.529. The molecule has 2 aromatic heterocycles. The van der Waals surface area contributed by atoms with Gasteiger partial charge < -0.3 is 4.52 Å². The average molecular weight is 576 g/mol. The van der Waals surface area contributed by atoms with Crippen molar-refractivity contribution in [2.75, 3.05) is 13.1 Å². The number of likely N-dealkylation sites (tertiary alicyclic amines) is 1. The minimum Gasteiger partial charge on any atom is -0.355 e. The smallest absolute Gasteiger partial charge is 0.185 e. The SMILES string of the molecule is CC(C)(CC(=O)CC1(CC(=O)c2cc(-c3ccc(F)cc3F)on2)CN(C2CCC3(CCC3)CC2)C1)c1ccccn1. The number of pyridine rings is 1. The number of halogens is 2. The molecule has 42 heavy (non-hydrogen) atoms. The Kier molecular flexibility index (Phi) is 7.62. The lowest BCUT2D eigenvalue weighted by molar-refractivity contribution is -0.128. The summed E-state index contributed by atoms with van der Waals surface area (Å²) in [4.78, 5) is 34.0. The Bertz CT molecular complexity index is 1450. The van der Waals surface area contributed by atoms with Gasteiger partial charge in [0.2, 0.25) is 0 Å². The molecule has 3 fully saturated rings. The molecular formula is C34H39F2N3O3. The van der Waals surface area contributed by atoms with Crippen LogP contribution in [0.1, 0.15) is 94.2 Å². The van der Waals surface area contributed by atoms with E-state index < -0.39 is 22.5 Å². The number of rotatable bonds is 10. The molecular weight excluding hydrogens is 536 g/mol. The number of hydrogen-bond donors (Lipinski definition) is 0. The first kappa shape index (κ1) is 28.8. The molecule has 6 nitrogen and oxygen atoms in total. The number of carbonyl (C=O) groups is 2. The first-order valence-electron chi connectivity index (χ1n) is 15.2. The average Bonchev–Trinajstić information content (AvgIpc) is 3.41. The Labute approximate surface area is 245 Å². The number of hydrogen-bond acceptors (Lipinski definition) is 6. The summed E-state index contributed by atoms with van der Waals surface area (Å²) >= 11 is 0. The quantitative estimate of drug-likeness (QED) is 0.236. The molecule has 3 aliphatic rings. The highest BCUT2D eigenvalue weighted by Crippen LogP contribution is 2.53. The molecule has 222 valence electrons. The van der Waals surface area contributed by atoms with Gasteiger partial charge in [-0.25, -0.2) is 8.78 Å². The summed E-state index contributed by atoms with van der Waals surface area (Å²) in [6, 6.07) is 10.8. The largest absolute Gasteiger partial charge is 0.355 e. The summed E-state index contributed by atoms with van der Waals surface area (Å²) in [5.74, 6) is -1.53. The number of nitrogens with zero attached hydrogens (tertiary/aromatic N) is 3. The highest BCUT2D eigenvalue weighted by atomic mass is 19.1. The Morgan fingerprint density at radius 1 is 1.02 bits per heavy atom. The van der Waals surface area contributed by atoms with Crippen LogP contribution >= 0.6 is 0 Å². The van der Waals surface area contributed by atoms with Crippen molar-refractivity contribution in [1.29, 1.82) is 0 Å². The first-order chi connectivity index (χ1) is 20.1. The summed E-state index contributed by atoms with van der Waals surface area (Å²) in [6.45, 7) is 5.46. The highest BCUT2D eigenvalue weighted by Gasteiger charge is 2.50. The second kappa shape index (κ2) is 11.1. The van der Waals surface area contributed by atoms with Gasteiger partial charge in [-0.3, -0.25) is 19.5 Å². The standard InChI is InChI=1S/C34H39F2N3O3/c1-32(2,31-6-3-4-15-37-31)18-25(40)19-34(21-39(22-34)24-9-13-33(14-10-24)11-5-12-33)20-29(41)28-17-30(42-38-28)26-8-7-23(35)16-27(26)36/h3-4,6-8,15-17,24H,5,9-14,18-22H2,1-2H3. The number of aromatic nitrogens is 2. The van der Waals surface area contributed by atoms with Gasteiger partial charge in [0.25, 0.3) is 0 Å². The maximum atomic E-state index is 14.3. The van der Waals surface area contributed by atoms with Crippen molar-refractivity contribution in [3.8, 4) is 11.3 Å². The van der Waals surface area contributed by atoms with Crippen LogP contribution in [0.15, 0.2) is 53.2 Å². The van der Waals surface area contributed by atoms with E-state index in [1.54, 1.807) is 6.20 Å². The predicted molar refractivity (Wildman–Crippen MR) is 155 cm³/mol. The minimum atomic E-state index is -0.784. The van der Waals surface area contributed by atoms with Crippen LogP contribution in [-0.4, -0.2) is 45.7 Å². The van der Waals surface area contributed by atoms with E-state index in [2.05, 4.69) is 15.0 Å². The molecule has 1 aromatic carbocycles. The summed E-state index contributed by atoms with van der Waals surface area (Å²) in [5.41, 5.74) is 0.677. The minimum absolute atomic E-state index is 0.0425. The molecule has 0 atom stereocenters. The monoisotopic (exact) mass is 575 g/mol. The molecule has 3 aromatic rings. The van der Waals surface area contributed by atoms with Gasteiger partial charge >= 0.3 is 0 Å². The van der Waals surface area contributed by atoms with Gasteiger partial charge in [0.1, 0.15) is 23.1 Å². The van der Waals surface area contributed by atoms with Gasteiger partial charge in [-0.15, -0.1) is 0 Å². The van der Waals surface area contributed by atoms with E-state index in [4.69, 9.17) is 4.52 Å². The summed E-state index contributed by atoms with van der Waals surface area (Å²) in [5, 5.41) is 3.93. The highest BCUT2D eigenvalue weighted by molar-refractivity contribution is 5.96. The number of ketones is 2. The number of benzene rings is 1. The van der Waals surface area contributed by atoms with Crippen LogP contribution in [0.5, 0.6) is 0 Å². The van der Waals surface area contributed by atoms with Crippen molar-refractivity contribution >= 4 is 11.6 Å². The van der Waals surface area contributed by atoms with E-state index in [9.17, 15) is 18.4 Å². The Morgan fingerprint density at radius 3 is 2.43 bits per heavy atom. The van der Waals surface area contributed by atoms with Crippen molar-refractivity contribution in [2.45, 2.75) is 89.5 Å². The van der Waals surface area contributed by atoms with E-state index in [1.807, 2.05) is 32.0 Å². The van der Waals surface area contributed by atoms with E-state index in [0.717, 1.165) is 17.8 Å². The Morgan fingerprint density at radius 2 is 1.79 bits per heavy atom. The third kappa shape index (κ3) is 5.83. The van der Waals surface area contributed by atoms with Gasteiger partial charge in [0.15, 0.2) is 11.5 Å². The molecule has 2 saturated carbocycles. The van der Waals surface area contributed by atoms with Crippen molar-refractivity contribution in [3.05, 3.63) is 71.7 Å².